The summed E-state index contributed by atoms with van der Waals surface area (Å²) in [7, 11) is -3.25. The molecule has 162 valence electrons. The lowest BCUT2D eigenvalue weighted by atomic mass is 9.71. The summed E-state index contributed by atoms with van der Waals surface area (Å²) >= 11 is 0. The fraction of sp³-hybridized carbons (Fsp3) is 0.556. The van der Waals surface area contributed by atoms with Gasteiger partial charge in [0, 0.05) is 7.11 Å². The first-order valence-corrected chi connectivity index (χ1v) is 10.2. The van der Waals surface area contributed by atoms with Gasteiger partial charge < -0.3 is 20.1 Å². The van der Waals surface area contributed by atoms with E-state index in [4.69, 9.17) is 13.6 Å². The molecule has 10 nitrogen and oxygen atoms in total. The number of esters is 1. The lowest BCUT2D eigenvalue weighted by molar-refractivity contribution is -0.147. The molecule has 0 saturated carbocycles. The van der Waals surface area contributed by atoms with Crippen LogP contribution in [0.1, 0.15) is 27.2 Å². The maximum Gasteiger partial charge on any atom is 0.475 e. The highest BCUT2D eigenvalue weighted by molar-refractivity contribution is 7.48. The average Bonchev–Trinajstić information content (AvgIpc) is 2.91. The second kappa shape index (κ2) is 8.41. The number of aliphatic hydroxyl groups excluding tert-OH is 3. The first kappa shape index (κ1) is 23.3. The van der Waals surface area contributed by atoms with Crippen molar-refractivity contribution in [1.29, 1.82) is 0 Å². The van der Waals surface area contributed by atoms with Crippen molar-refractivity contribution in [2.24, 2.45) is 5.41 Å². The fourth-order valence-corrected chi connectivity index (χ4v) is 4.40. The van der Waals surface area contributed by atoms with Crippen LogP contribution in [0.5, 0.6) is 0 Å². The Balaban J connectivity index is 2.10. The molecule has 1 heterocycles. The molecule has 0 aromatic carbocycles. The number of hydrogen-bond donors (Lipinski definition) is 3. The van der Waals surface area contributed by atoms with Gasteiger partial charge in [-0.05, 0) is 29.9 Å². The van der Waals surface area contributed by atoms with Gasteiger partial charge in [-0.2, -0.15) is 0 Å². The summed E-state index contributed by atoms with van der Waals surface area (Å²) in [5.41, 5.74) is 0.706. The van der Waals surface area contributed by atoms with E-state index in [9.17, 15) is 29.5 Å². The minimum Gasteiger partial charge on any atom is -0.505 e. The van der Waals surface area contributed by atoms with Crippen LogP contribution in [0.4, 0.5) is 0 Å². The van der Waals surface area contributed by atoms with E-state index >= 15 is 0 Å². The van der Waals surface area contributed by atoms with Gasteiger partial charge in [0.05, 0.1) is 6.61 Å². The number of phosphoric ester groups is 1. The molecular formula is C18H25O10P. The molecule has 2 unspecified atom stereocenters. The van der Waals surface area contributed by atoms with Crippen molar-refractivity contribution in [1.82, 2.24) is 0 Å². The first-order chi connectivity index (χ1) is 13.4. The van der Waals surface area contributed by atoms with Gasteiger partial charge in [0.2, 0.25) is 5.76 Å². The largest absolute Gasteiger partial charge is 0.505 e. The fourth-order valence-electron chi connectivity index (χ4n) is 3.33. The van der Waals surface area contributed by atoms with Gasteiger partial charge in [-0.25, -0.2) is 9.36 Å². The zero-order valence-corrected chi connectivity index (χ0v) is 17.5. The molecule has 4 atom stereocenters. The first-order valence-electron chi connectivity index (χ1n) is 8.74. The van der Waals surface area contributed by atoms with Crippen molar-refractivity contribution in [3.05, 3.63) is 35.3 Å². The van der Waals surface area contributed by atoms with Crippen LogP contribution in [-0.2, 0) is 32.5 Å². The van der Waals surface area contributed by atoms with E-state index < -0.39 is 61.4 Å². The molecule has 0 aromatic rings. The van der Waals surface area contributed by atoms with Crippen molar-refractivity contribution < 1.29 is 47.8 Å². The van der Waals surface area contributed by atoms with Crippen LogP contribution in [0.3, 0.4) is 0 Å². The molecule has 1 aliphatic carbocycles. The Morgan fingerprint density at radius 3 is 2.48 bits per heavy atom. The molecule has 0 radical (unpaired) electrons. The van der Waals surface area contributed by atoms with Gasteiger partial charge >= 0.3 is 13.8 Å². The third-order valence-corrected chi connectivity index (χ3v) is 6.29. The van der Waals surface area contributed by atoms with Crippen LogP contribution in [0.2, 0.25) is 0 Å². The minimum absolute atomic E-state index is 0.196. The van der Waals surface area contributed by atoms with Crippen LogP contribution in [0, 0.1) is 5.41 Å². The quantitative estimate of drug-likeness (QED) is 0.385. The van der Waals surface area contributed by atoms with Crippen molar-refractivity contribution in [2.45, 2.75) is 45.5 Å². The molecular weight excluding hydrogens is 407 g/mol. The molecule has 0 aromatic heterocycles. The van der Waals surface area contributed by atoms with Gasteiger partial charge in [-0.1, -0.05) is 26.5 Å². The number of Topliss-reactive ketones (excluding diaryl/α,β-unsaturated/α-hetero) is 1. The SMILES string of the molecule is C=CC1=C(C)C(=O)C(OP(=O)(OC)OC[C@H](O)[C@H]2OC(=O)C(O)=C2O)CC1(C)C. The molecule has 2 rings (SSSR count). The van der Waals surface area contributed by atoms with E-state index in [1.807, 2.05) is 13.8 Å². The van der Waals surface area contributed by atoms with E-state index in [0.29, 0.717) is 5.57 Å². The van der Waals surface area contributed by atoms with Crippen LogP contribution in [0.15, 0.2) is 35.3 Å². The Morgan fingerprint density at radius 2 is 2.00 bits per heavy atom. The number of phosphoric acid groups is 1. The molecule has 0 spiro atoms. The minimum atomic E-state index is -4.29. The number of cyclic esters (lactones) is 1. The third-order valence-electron chi connectivity index (χ3n) is 4.87. The Morgan fingerprint density at radius 1 is 1.38 bits per heavy atom. The predicted octanol–water partition coefficient (Wildman–Crippen LogP) is 2.26. The van der Waals surface area contributed by atoms with Crippen molar-refractivity contribution in [2.75, 3.05) is 13.7 Å². The number of carbonyl (C=O) groups excluding carboxylic acids is 2. The Labute approximate surface area is 168 Å². The summed E-state index contributed by atoms with van der Waals surface area (Å²) in [5.74, 6) is -3.51. The highest BCUT2D eigenvalue weighted by atomic mass is 31.2. The van der Waals surface area contributed by atoms with Crippen molar-refractivity contribution in [3.63, 3.8) is 0 Å². The van der Waals surface area contributed by atoms with Gasteiger partial charge in [0.1, 0.15) is 12.2 Å². The number of carbonyl (C=O) groups is 2. The van der Waals surface area contributed by atoms with Gasteiger partial charge in [0.25, 0.3) is 0 Å². The highest BCUT2D eigenvalue weighted by Gasteiger charge is 2.44. The zero-order valence-electron chi connectivity index (χ0n) is 16.6. The Hall–Kier alpha value is -1.97. The summed E-state index contributed by atoms with van der Waals surface area (Å²) in [4.78, 5) is 23.8. The monoisotopic (exact) mass is 432 g/mol. The number of allylic oxidation sites excluding steroid dienone is 2. The molecule has 0 amide bonds. The van der Waals surface area contributed by atoms with E-state index in [0.717, 1.165) is 12.7 Å². The van der Waals surface area contributed by atoms with Crippen LogP contribution in [-0.4, -0.2) is 59.1 Å². The smallest absolute Gasteiger partial charge is 0.475 e. The molecule has 0 saturated heterocycles. The zero-order chi connectivity index (χ0) is 22.1. The van der Waals surface area contributed by atoms with E-state index in [1.54, 1.807) is 13.0 Å². The third kappa shape index (κ3) is 4.62. The summed E-state index contributed by atoms with van der Waals surface area (Å²) in [6.45, 7) is 8.37. The summed E-state index contributed by atoms with van der Waals surface area (Å²) in [6.07, 6.45) is -2.59. The number of ether oxygens (including phenoxy) is 1. The molecule has 0 bridgehead atoms. The normalized spacial score (nSPS) is 27.6. The Bertz CT molecular complexity index is 824. The van der Waals surface area contributed by atoms with Crippen LogP contribution >= 0.6 is 7.82 Å². The topological polar surface area (TPSA) is 149 Å². The standard InChI is InChI=1S/C18H25O10P/c1-6-10-9(2)13(20)12(7-18(10,3)4)28-29(24,25-5)26-8-11(19)16-14(21)15(22)17(23)27-16/h6,11-12,16,19,21-22H,1,7-8H2,2-5H3/t11-,12?,16+,29?/m0/s1. The lowest BCUT2D eigenvalue weighted by Gasteiger charge is -2.37. The average molecular weight is 432 g/mol. The Kier molecular flexibility index (Phi) is 6.76. The molecule has 0 fully saturated rings. The number of ketones is 1. The molecule has 29 heavy (non-hydrogen) atoms. The second-order valence-electron chi connectivity index (χ2n) is 7.34. The highest BCUT2D eigenvalue weighted by Crippen LogP contribution is 2.53. The lowest BCUT2D eigenvalue weighted by Crippen LogP contribution is -2.37. The van der Waals surface area contributed by atoms with Crippen LogP contribution < -0.4 is 0 Å². The molecule has 11 heteroatoms. The van der Waals surface area contributed by atoms with Crippen LogP contribution in [0.25, 0.3) is 0 Å². The second-order valence-corrected chi connectivity index (χ2v) is 9.07. The van der Waals surface area contributed by atoms with E-state index in [1.165, 1.54) is 0 Å². The van der Waals surface area contributed by atoms with Crippen molar-refractivity contribution in [3.8, 4) is 0 Å². The van der Waals surface area contributed by atoms with E-state index in [-0.39, 0.29) is 6.42 Å². The maximum atomic E-state index is 12.8. The maximum absolute atomic E-state index is 12.8. The number of hydrogen-bond acceptors (Lipinski definition) is 10. The summed E-state index contributed by atoms with van der Waals surface area (Å²) < 4.78 is 32.6. The van der Waals surface area contributed by atoms with E-state index in [2.05, 4.69) is 11.3 Å². The number of rotatable bonds is 8. The molecule has 2 aliphatic rings. The van der Waals surface area contributed by atoms with Gasteiger partial charge in [0.15, 0.2) is 17.6 Å². The number of aliphatic hydroxyl groups is 3. The molecule has 1 aliphatic heterocycles. The molecule has 3 N–H and O–H groups in total. The predicted molar refractivity (Wildman–Crippen MR) is 99.9 cm³/mol. The summed E-state index contributed by atoms with van der Waals surface area (Å²) in [6, 6.07) is 0. The van der Waals surface area contributed by atoms with Crippen molar-refractivity contribution >= 4 is 19.6 Å². The summed E-state index contributed by atoms with van der Waals surface area (Å²) in [5, 5.41) is 28.9. The van der Waals surface area contributed by atoms with Gasteiger partial charge in [-0.3, -0.25) is 18.4 Å². The van der Waals surface area contributed by atoms with Gasteiger partial charge in [-0.15, -0.1) is 0 Å².